The Morgan fingerprint density at radius 1 is 1.09 bits per heavy atom. The molecule has 1 N–H and O–H groups in total. The van der Waals surface area contributed by atoms with Crippen LogP contribution in [0.4, 0.5) is 5.69 Å². The number of benzene rings is 2. The summed E-state index contributed by atoms with van der Waals surface area (Å²) in [4.78, 5) is 31.8. The Balaban J connectivity index is 1.55. The van der Waals surface area contributed by atoms with Crippen LogP contribution in [-0.2, 0) is 16.2 Å². The third-order valence-corrected chi connectivity index (χ3v) is 5.58. The van der Waals surface area contributed by atoms with Crippen LogP contribution in [0.5, 0.6) is 11.5 Å². The number of hydrogen-bond acceptors (Lipinski definition) is 5. The zero-order valence-corrected chi connectivity index (χ0v) is 18.6. The Morgan fingerprint density at radius 2 is 1.94 bits per heavy atom. The lowest BCUT2D eigenvalue weighted by Gasteiger charge is -2.34. The van der Waals surface area contributed by atoms with Crippen molar-refractivity contribution in [1.82, 2.24) is 9.88 Å². The molecular weight excluding hydrogens is 418 g/mol. The SMILES string of the molecule is COc1ccc(NC(=O)C(c2ccccc2)N2CCCCC2=O)cc1OCc1cccnc1. The van der Waals surface area contributed by atoms with Gasteiger partial charge in [0.1, 0.15) is 12.6 Å². The van der Waals surface area contributed by atoms with E-state index in [0.29, 0.717) is 36.8 Å². The number of ether oxygens (including phenoxy) is 2. The summed E-state index contributed by atoms with van der Waals surface area (Å²) in [6.45, 7) is 0.879. The van der Waals surface area contributed by atoms with E-state index in [4.69, 9.17) is 9.47 Å². The first-order valence-electron chi connectivity index (χ1n) is 11.0. The van der Waals surface area contributed by atoms with Gasteiger partial charge in [0, 0.05) is 42.7 Å². The van der Waals surface area contributed by atoms with Crippen LogP contribution in [0.3, 0.4) is 0 Å². The fourth-order valence-electron chi connectivity index (χ4n) is 3.93. The molecule has 33 heavy (non-hydrogen) atoms. The molecule has 2 aromatic carbocycles. The highest BCUT2D eigenvalue weighted by molar-refractivity contribution is 5.98. The molecular formula is C26H27N3O4. The first kappa shape index (κ1) is 22.3. The molecule has 1 unspecified atom stereocenters. The van der Waals surface area contributed by atoms with Crippen molar-refractivity contribution in [1.29, 1.82) is 0 Å². The van der Waals surface area contributed by atoms with Gasteiger partial charge >= 0.3 is 0 Å². The molecule has 1 aliphatic rings. The number of nitrogens with zero attached hydrogens (tertiary/aromatic N) is 2. The number of carbonyl (C=O) groups is 2. The molecule has 7 nitrogen and oxygen atoms in total. The van der Waals surface area contributed by atoms with Crippen LogP contribution < -0.4 is 14.8 Å². The van der Waals surface area contributed by atoms with Crippen molar-refractivity contribution in [3.8, 4) is 11.5 Å². The van der Waals surface area contributed by atoms with E-state index < -0.39 is 6.04 Å². The van der Waals surface area contributed by atoms with Gasteiger partial charge in [0.25, 0.3) is 5.91 Å². The van der Waals surface area contributed by atoms with Crippen molar-refractivity contribution in [2.24, 2.45) is 0 Å². The Bertz CT molecular complexity index is 1090. The molecule has 1 saturated heterocycles. The number of rotatable bonds is 8. The summed E-state index contributed by atoms with van der Waals surface area (Å²) < 4.78 is 11.3. The fraction of sp³-hybridized carbons (Fsp3) is 0.269. The first-order chi connectivity index (χ1) is 16.2. The van der Waals surface area contributed by atoms with E-state index in [1.807, 2.05) is 42.5 Å². The number of amides is 2. The molecule has 2 amide bonds. The van der Waals surface area contributed by atoms with Crippen LogP contribution in [-0.4, -0.2) is 35.4 Å². The van der Waals surface area contributed by atoms with Gasteiger partial charge in [-0.15, -0.1) is 0 Å². The standard InChI is InChI=1S/C26H27N3O4/c1-32-22-13-12-21(16-23(22)33-18-19-8-7-14-27-17-19)28-26(31)25(20-9-3-2-4-10-20)29-15-6-5-11-24(29)30/h2-4,7-10,12-14,16-17,25H,5-6,11,15,18H2,1H3,(H,28,31). The quantitative estimate of drug-likeness (QED) is 0.557. The normalized spacial score (nSPS) is 14.5. The average molecular weight is 446 g/mol. The van der Waals surface area contributed by atoms with Gasteiger partial charge in [0.05, 0.1) is 7.11 Å². The maximum absolute atomic E-state index is 13.4. The summed E-state index contributed by atoms with van der Waals surface area (Å²) in [5, 5.41) is 2.97. The zero-order chi connectivity index (χ0) is 23.0. The van der Waals surface area contributed by atoms with Gasteiger partial charge in [0.15, 0.2) is 11.5 Å². The molecule has 1 aliphatic heterocycles. The van der Waals surface area contributed by atoms with Crippen molar-refractivity contribution < 1.29 is 19.1 Å². The third-order valence-electron chi connectivity index (χ3n) is 5.58. The number of likely N-dealkylation sites (tertiary alicyclic amines) is 1. The van der Waals surface area contributed by atoms with E-state index >= 15 is 0 Å². The molecule has 3 aromatic rings. The minimum atomic E-state index is -0.694. The van der Waals surface area contributed by atoms with Crippen molar-refractivity contribution >= 4 is 17.5 Å². The zero-order valence-electron chi connectivity index (χ0n) is 18.6. The van der Waals surface area contributed by atoms with E-state index in [2.05, 4.69) is 10.3 Å². The molecule has 1 aromatic heterocycles. The van der Waals surface area contributed by atoms with E-state index in [-0.39, 0.29) is 11.8 Å². The number of aromatic nitrogens is 1. The average Bonchev–Trinajstić information content (AvgIpc) is 2.85. The number of anilines is 1. The Labute approximate surface area is 193 Å². The first-order valence-corrected chi connectivity index (χ1v) is 11.0. The minimum absolute atomic E-state index is 0.000442. The maximum atomic E-state index is 13.4. The van der Waals surface area contributed by atoms with Crippen molar-refractivity contribution in [2.45, 2.75) is 31.9 Å². The maximum Gasteiger partial charge on any atom is 0.251 e. The third kappa shape index (κ3) is 5.49. The Kier molecular flexibility index (Phi) is 7.19. The molecule has 1 atom stereocenters. The summed E-state index contributed by atoms with van der Waals surface area (Å²) in [7, 11) is 1.57. The van der Waals surface area contributed by atoms with Gasteiger partial charge in [-0.1, -0.05) is 36.4 Å². The van der Waals surface area contributed by atoms with Gasteiger partial charge in [-0.25, -0.2) is 0 Å². The van der Waals surface area contributed by atoms with E-state index in [1.54, 1.807) is 42.6 Å². The highest BCUT2D eigenvalue weighted by Crippen LogP contribution is 2.32. The topological polar surface area (TPSA) is 80.8 Å². The van der Waals surface area contributed by atoms with Crippen LogP contribution in [0.25, 0.3) is 0 Å². The predicted molar refractivity (Wildman–Crippen MR) is 125 cm³/mol. The van der Waals surface area contributed by atoms with Crippen LogP contribution in [0.2, 0.25) is 0 Å². The summed E-state index contributed by atoms with van der Waals surface area (Å²) in [5.41, 5.74) is 2.26. The van der Waals surface area contributed by atoms with Crippen LogP contribution in [0.15, 0.2) is 73.1 Å². The number of carbonyl (C=O) groups excluding carboxylic acids is 2. The molecule has 7 heteroatoms. The van der Waals surface area contributed by atoms with E-state index in [9.17, 15) is 9.59 Å². The Morgan fingerprint density at radius 3 is 2.67 bits per heavy atom. The molecule has 1 fully saturated rings. The second-order valence-corrected chi connectivity index (χ2v) is 7.86. The van der Waals surface area contributed by atoms with Gasteiger partial charge in [-0.3, -0.25) is 14.6 Å². The Hall–Kier alpha value is -3.87. The lowest BCUT2D eigenvalue weighted by Crippen LogP contribution is -2.43. The second kappa shape index (κ2) is 10.6. The molecule has 4 rings (SSSR count). The van der Waals surface area contributed by atoms with E-state index in [1.165, 1.54) is 0 Å². The lowest BCUT2D eigenvalue weighted by atomic mass is 10.0. The number of nitrogens with one attached hydrogen (secondary N) is 1. The molecule has 0 saturated carbocycles. The van der Waals surface area contributed by atoms with Crippen molar-refractivity contribution in [2.75, 3.05) is 19.0 Å². The number of piperidine rings is 1. The summed E-state index contributed by atoms with van der Waals surface area (Å²) >= 11 is 0. The van der Waals surface area contributed by atoms with E-state index in [0.717, 1.165) is 24.0 Å². The van der Waals surface area contributed by atoms with Gasteiger partial charge in [-0.05, 0) is 36.6 Å². The summed E-state index contributed by atoms with van der Waals surface area (Å²) in [5.74, 6) is 0.799. The summed E-state index contributed by atoms with van der Waals surface area (Å²) in [6.07, 6.45) is 5.64. The monoisotopic (exact) mass is 445 g/mol. The summed E-state index contributed by atoms with van der Waals surface area (Å²) in [6, 6.07) is 17.7. The van der Waals surface area contributed by atoms with Crippen molar-refractivity contribution in [3.05, 3.63) is 84.2 Å². The smallest absolute Gasteiger partial charge is 0.251 e. The predicted octanol–water partition coefficient (Wildman–Crippen LogP) is 4.36. The largest absolute Gasteiger partial charge is 0.493 e. The highest BCUT2D eigenvalue weighted by Gasteiger charge is 2.32. The number of hydrogen-bond donors (Lipinski definition) is 1. The van der Waals surface area contributed by atoms with Crippen LogP contribution in [0.1, 0.15) is 36.4 Å². The molecule has 0 bridgehead atoms. The van der Waals surface area contributed by atoms with Gasteiger partial charge < -0.3 is 19.7 Å². The molecule has 0 aliphatic carbocycles. The molecule has 170 valence electrons. The second-order valence-electron chi connectivity index (χ2n) is 7.86. The molecule has 0 spiro atoms. The van der Waals surface area contributed by atoms with Crippen LogP contribution >= 0.6 is 0 Å². The number of pyridine rings is 1. The fourth-order valence-corrected chi connectivity index (χ4v) is 3.93. The molecule has 2 heterocycles. The number of methoxy groups -OCH3 is 1. The molecule has 0 radical (unpaired) electrons. The highest BCUT2D eigenvalue weighted by atomic mass is 16.5. The van der Waals surface area contributed by atoms with Crippen molar-refractivity contribution in [3.63, 3.8) is 0 Å². The minimum Gasteiger partial charge on any atom is -0.493 e. The van der Waals surface area contributed by atoms with Gasteiger partial charge in [-0.2, -0.15) is 0 Å². The lowest BCUT2D eigenvalue weighted by molar-refractivity contribution is -0.141. The van der Waals surface area contributed by atoms with Crippen LogP contribution in [0, 0.1) is 0 Å². The van der Waals surface area contributed by atoms with Gasteiger partial charge in [0.2, 0.25) is 5.91 Å².